The second-order valence-corrected chi connectivity index (χ2v) is 6.68. The number of carbonyl (C=O) groups is 3. The first-order valence-corrected chi connectivity index (χ1v) is 9.00. The van der Waals surface area contributed by atoms with Crippen molar-refractivity contribution in [2.24, 2.45) is 0 Å². The van der Waals surface area contributed by atoms with E-state index in [0.717, 1.165) is 29.3 Å². The van der Waals surface area contributed by atoms with Crippen molar-refractivity contribution in [2.75, 3.05) is 11.9 Å². The summed E-state index contributed by atoms with van der Waals surface area (Å²) in [5, 5.41) is 4.65. The van der Waals surface area contributed by atoms with E-state index in [1.54, 1.807) is 18.2 Å². The molecule has 2 aromatic rings. The topological polar surface area (TPSA) is 84.5 Å². The molecule has 9 heteroatoms. The lowest BCUT2D eigenvalue weighted by Gasteiger charge is -2.15. The minimum atomic E-state index is -4.55. The third-order valence-corrected chi connectivity index (χ3v) is 4.30. The molecule has 0 aliphatic heterocycles. The Morgan fingerprint density at radius 2 is 1.73 bits per heavy atom. The normalized spacial score (nSPS) is 12.1. The fraction of sp³-hybridized carbons (Fsp3) is 0.286. The molecule has 0 aromatic heterocycles. The van der Waals surface area contributed by atoms with Gasteiger partial charge in [0.1, 0.15) is 6.54 Å². The highest BCUT2D eigenvalue weighted by Gasteiger charge is 2.30. The van der Waals surface area contributed by atoms with Gasteiger partial charge >= 0.3 is 12.1 Å². The number of anilines is 1. The van der Waals surface area contributed by atoms with Gasteiger partial charge in [-0.2, -0.15) is 13.2 Å². The van der Waals surface area contributed by atoms with Gasteiger partial charge in [0.2, 0.25) is 0 Å². The molecular weight excluding hydrogens is 401 g/mol. The van der Waals surface area contributed by atoms with Crippen LogP contribution < -0.4 is 10.6 Å². The Balaban J connectivity index is 1.87. The van der Waals surface area contributed by atoms with E-state index in [1.807, 2.05) is 13.8 Å². The molecule has 160 valence electrons. The molecule has 0 heterocycles. The van der Waals surface area contributed by atoms with Gasteiger partial charge in [0, 0.05) is 11.3 Å². The third kappa shape index (κ3) is 6.33. The van der Waals surface area contributed by atoms with Crippen LogP contribution >= 0.6 is 0 Å². The molecule has 0 aliphatic rings. The van der Waals surface area contributed by atoms with Crippen molar-refractivity contribution >= 4 is 23.5 Å². The Morgan fingerprint density at radius 3 is 2.37 bits per heavy atom. The molecule has 2 rings (SSSR count). The molecule has 6 nitrogen and oxygen atoms in total. The minimum absolute atomic E-state index is 0.0826. The molecule has 0 radical (unpaired) electrons. The Hall–Kier alpha value is -3.36. The SMILES string of the molecule is Cc1ccc(C(=O)NCC(=O)O[C@H](C)C(=O)Nc2cccc(C(F)(F)F)c2)cc1C. The van der Waals surface area contributed by atoms with Crippen LogP contribution in [-0.4, -0.2) is 30.4 Å². The average Bonchev–Trinajstić information content (AvgIpc) is 2.67. The van der Waals surface area contributed by atoms with Crippen LogP contribution in [0.2, 0.25) is 0 Å². The second kappa shape index (κ2) is 9.43. The minimum Gasteiger partial charge on any atom is -0.451 e. The van der Waals surface area contributed by atoms with Crippen LogP contribution in [0, 0.1) is 13.8 Å². The monoisotopic (exact) mass is 422 g/mol. The molecule has 2 aromatic carbocycles. The first-order chi connectivity index (χ1) is 14.0. The molecule has 0 bridgehead atoms. The van der Waals surface area contributed by atoms with Gasteiger partial charge in [-0.3, -0.25) is 14.4 Å². The molecule has 2 N–H and O–H groups in total. The van der Waals surface area contributed by atoms with Gasteiger partial charge in [-0.25, -0.2) is 0 Å². The molecule has 1 atom stereocenters. The molecular formula is C21H21F3N2O4. The second-order valence-electron chi connectivity index (χ2n) is 6.68. The maximum absolute atomic E-state index is 12.7. The summed E-state index contributed by atoms with van der Waals surface area (Å²) in [7, 11) is 0. The third-order valence-electron chi connectivity index (χ3n) is 4.30. The van der Waals surface area contributed by atoms with Gasteiger partial charge in [-0.1, -0.05) is 12.1 Å². The zero-order valence-electron chi connectivity index (χ0n) is 16.6. The van der Waals surface area contributed by atoms with E-state index >= 15 is 0 Å². The summed E-state index contributed by atoms with van der Waals surface area (Å²) in [6, 6.07) is 9.16. The largest absolute Gasteiger partial charge is 0.451 e. The number of halogens is 3. The van der Waals surface area contributed by atoms with Crippen molar-refractivity contribution < 1.29 is 32.3 Å². The van der Waals surface area contributed by atoms with Gasteiger partial charge in [-0.15, -0.1) is 0 Å². The lowest BCUT2D eigenvalue weighted by Crippen LogP contribution is -2.35. The van der Waals surface area contributed by atoms with Gasteiger partial charge in [0.15, 0.2) is 6.10 Å². The smallest absolute Gasteiger partial charge is 0.416 e. The number of nitrogens with one attached hydrogen (secondary N) is 2. The Kier molecular flexibility index (Phi) is 7.20. The van der Waals surface area contributed by atoms with E-state index in [-0.39, 0.29) is 5.69 Å². The summed E-state index contributed by atoms with van der Waals surface area (Å²) in [6.45, 7) is 4.56. The molecule has 0 spiro atoms. The number of hydrogen-bond acceptors (Lipinski definition) is 4. The lowest BCUT2D eigenvalue weighted by atomic mass is 10.1. The molecule has 2 amide bonds. The zero-order valence-corrected chi connectivity index (χ0v) is 16.6. The molecule has 0 fully saturated rings. The summed E-state index contributed by atoms with van der Waals surface area (Å²) in [6.07, 6.45) is -5.82. The Morgan fingerprint density at radius 1 is 1.03 bits per heavy atom. The maximum Gasteiger partial charge on any atom is 0.416 e. The predicted molar refractivity (Wildman–Crippen MR) is 104 cm³/mol. The van der Waals surface area contributed by atoms with Crippen LogP contribution in [-0.2, 0) is 20.5 Å². The van der Waals surface area contributed by atoms with E-state index in [0.29, 0.717) is 5.56 Å². The number of alkyl halides is 3. The molecule has 30 heavy (non-hydrogen) atoms. The number of rotatable bonds is 6. The molecule has 0 unspecified atom stereocenters. The lowest BCUT2D eigenvalue weighted by molar-refractivity contribution is -0.152. The van der Waals surface area contributed by atoms with E-state index in [9.17, 15) is 27.6 Å². The van der Waals surface area contributed by atoms with Crippen molar-refractivity contribution in [2.45, 2.75) is 33.1 Å². The summed E-state index contributed by atoms with van der Waals surface area (Å²) >= 11 is 0. The number of aryl methyl sites for hydroxylation is 2. The number of amides is 2. The van der Waals surface area contributed by atoms with Crippen molar-refractivity contribution in [3.63, 3.8) is 0 Å². The number of benzene rings is 2. The number of esters is 1. The first kappa shape index (κ1) is 22.9. The van der Waals surface area contributed by atoms with Gasteiger partial charge in [0.05, 0.1) is 5.56 Å². The van der Waals surface area contributed by atoms with Crippen LogP contribution in [0.3, 0.4) is 0 Å². The summed E-state index contributed by atoms with van der Waals surface area (Å²) in [4.78, 5) is 36.1. The number of ether oxygens (including phenoxy) is 1. The average molecular weight is 422 g/mol. The van der Waals surface area contributed by atoms with Crippen molar-refractivity contribution in [1.82, 2.24) is 5.32 Å². The standard InChI is InChI=1S/C21H21F3N2O4/c1-12-7-8-15(9-13(12)2)20(29)25-11-18(27)30-14(3)19(28)26-17-6-4-5-16(10-17)21(22,23)24/h4-10,14H,11H2,1-3H3,(H,25,29)(H,26,28)/t14-/m1/s1. The zero-order chi connectivity index (χ0) is 22.5. The quantitative estimate of drug-likeness (QED) is 0.697. The van der Waals surface area contributed by atoms with Crippen LogP contribution in [0.1, 0.15) is 34.0 Å². The summed E-state index contributed by atoms with van der Waals surface area (Å²) in [5.74, 6) is -2.14. The van der Waals surface area contributed by atoms with Crippen molar-refractivity contribution in [3.8, 4) is 0 Å². The van der Waals surface area contributed by atoms with Crippen molar-refractivity contribution in [1.29, 1.82) is 0 Å². The van der Waals surface area contributed by atoms with Crippen LogP contribution in [0.5, 0.6) is 0 Å². The molecule has 0 saturated carbocycles. The summed E-state index contributed by atoms with van der Waals surface area (Å²) in [5.41, 5.74) is 1.32. The van der Waals surface area contributed by atoms with Gasteiger partial charge in [-0.05, 0) is 62.2 Å². The van der Waals surface area contributed by atoms with E-state index in [1.165, 1.54) is 13.0 Å². The number of hydrogen-bond donors (Lipinski definition) is 2. The van der Waals surface area contributed by atoms with Crippen molar-refractivity contribution in [3.05, 3.63) is 64.7 Å². The van der Waals surface area contributed by atoms with Crippen LogP contribution in [0.15, 0.2) is 42.5 Å². The van der Waals surface area contributed by atoms with E-state index < -0.39 is 42.2 Å². The van der Waals surface area contributed by atoms with Crippen LogP contribution in [0.4, 0.5) is 18.9 Å². The number of carbonyl (C=O) groups excluding carboxylic acids is 3. The Labute approximate surface area is 171 Å². The Bertz CT molecular complexity index is 958. The molecule has 0 saturated heterocycles. The molecule has 0 aliphatic carbocycles. The van der Waals surface area contributed by atoms with Gasteiger partial charge < -0.3 is 15.4 Å². The van der Waals surface area contributed by atoms with Crippen LogP contribution in [0.25, 0.3) is 0 Å². The predicted octanol–water partition coefficient (Wildman–Crippen LogP) is 3.62. The van der Waals surface area contributed by atoms with E-state index in [4.69, 9.17) is 4.74 Å². The highest BCUT2D eigenvalue weighted by atomic mass is 19.4. The van der Waals surface area contributed by atoms with Gasteiger partial charge in [0.25, 0.3) is 11.8 Å². The summed E-state index contributed by atoms with van der Waals surface area (Å²) < 4.78 is 43.1. The highest BCUT2D eigenvalue weighted by molar-refractivity contribution is 5.97. The fourth-order valence-electron chi connectivity index (χ4n) is 2.45. The maximum atomic E-state index is 12.7. The highest BCUT2D eigenvalue weighted by Crippen LogP contribution is 2.30. The van der Waals surface area contributed by atoms with E-state index in [2.05, 4.69) is 10.6 Å². The fourth-order valence-corrected chi connectivity index (χ4v) is 2.45. The first-order valence-electron chi connectivity index (χ1n) is 9.00.